The molecule has 0 radical (unpaired) electrons. The molecule has 2 aromatic rings. The van der Waals surface area contributed by atoms with Gasteiger partial charge in [0.1, 0.15) is 6.29 Å². The molecular weight excluding hydrogens is 266 g/mol. The van der Waals surface area contributed by atoms with Crippen molar-refractivity contribution >= 4 is 12.2 Å². The van der Waals surface area contributed by atoms with Gasteiger partial charge in [-0.2, -0.15) is 0 Å². The summed E-state index contributed by atoms with van der Waals surface area (Å²) in [6.07, 6.45) is 0.665. The van der Waals surface area contributed by atoms with E-state index in [1.54, 1.807) is 12.1 Å². The number of aryl methyl sites for hydroxylation is 1. The molecule has 0 atom stereocenters. The van der Waals surface area contributed by atoms with Crippen molar-refractivity contribution in [2.45, 2.75) is 6.92 Å². The van der Waals surface area contributed by atoms with Crippen molar-refractivity contribution in [3.05, 3.63) is 59.7 Å². The van der Waals surface area contributed by atoms with Gasteiger partial charge >= 0.3 is 0 Å². The van der Waals surface area contributed by atoms with Gasteiger partial charge in [0.05, 0.1) is 6.54 Å². The van der Waals surface area contributed by atoms with E-state index in [4.69, 9.17) is 5.11 Å². The zero-order valence-corrected chi connectivity index (χ0v) is 12.2. The molecule has 0 spiro atoms. The van der Waals surface area contributed by atoms with Crippen LogP contribution in [0, 0.1) is 6.92 Å². The minimum absolute atomic E-state index is 0.0402. The SMILES string of the molecule is CO.Cc1ccc(-c2ccc(C(=O)NCC=O)cc2)cc1. The topological polar surface area (TPSA) is 66.4 Å². The highest BCUT2D eigenvalue weighted by molar-refractivity contribution is 5.95. The van der Waals surface area contributed by atoms with Crippen LogP contribution in [0.15, 0.2) is 48.5 Å². The first-order valence-corrected chi connectivity index (χ1v) is 6.54. The molecule has 0 aromatic heterocycles. The molecule has 4 heteroatoms. The number of amides is 1. The summed E-state index contributed by atoms with van der Waals surface area (Å²) >= 11 is 0. The molecule has 0 aliphatic carbocycles. The van der Waals surface area contributed by atoms with Crippen LogP contribution in [-0.4, -0.2) is 31.0 Å². The number of aliphatic hydroxyl groups is 1. The highest BCUT2D eigenvalue weighted by atomic mass is 16.2. The van der Waals surface area contributed by atoms with Crippen LogP contribution in [0.3, 0.4) is 0 Å². The van der Waals surface area contributed by atoms with Crippen LogP contribution < -0.4 is 5.32 Å². The van der Waals surface area contributed by atoms with Gasteiger partial charge in [0.25, 0.3) is 5.91 Å². The lowest BCUT2D eigenvalue weighted by atomic mass is 10.0. The Labute approximate surface area is 124 Å². The van der Waals surface area contributed by atoms with Gasteiger partial charge in [0.2, 0.25) is 0 Å². The summed E-state index contributed by atoms with van der Waals surface area (Å²) in [4.78, 5) is 21.8. The molecule has 0 saturated carbocycles. The van der Waals surface area contributed by atoms with Gasteiger partial charge in [-0.15, -0.1) is 0 Å². The molecule has 0 aliphatic heterocycles. The summed E-state index contributed by atoms with van der Waals surface area (Å²) in [5.74, 6) is -0.234. The van der Waals surface area contributed by atoms with Gasteiger partial charge in [-0.1, -0.05) is 42.0 Å². The van der Waals surface area contributed by atoms with Crippen LogP contribution in [-0.2, 0) is 4.79 Å². The number of benzene rings is 2. The first-order chi connectivity index (χ1) is 10.2. The second-order valence-electron chi connectivity index (χ2n) is 4.32. The number of hydrogen-bond donors (Lipinski definition) is 2. The van der Waals surface area contributed by atoms with Gasteiger partial charge in [0.15, 0.2) is 0 Å². The monoisotopic (exact) mass is 285 g/mol. The van der Waals surface area contributed by atoms with Crippen molar-refractivity contribution in [2.24, 2.45) is 0 Å². The van der Waals surface area contributed by atoms with Crippen molar-refractivity contribution < 1.29 is 14.7 Å². The van der Waals surface area contributed by atoms with Crippen LogP contribution in [0.4, 0.5) is 0 Å². The number of carbonyl (C=O) groups excluding carboxylic acids is 2. The van der Waals surface area contributed by atoms with Crippen molar-refractivity contribution in [1.82, 2.24) is 5.32 Å². The molecule has 110 valence electrons. The van der Waals surface area contributed by atoms with Crippen LogP contribution in [0.25, 0.3) is 11.1 Å². The van der Waals surface area contributed by atoms with Crippen LogP contribution in [0.2, 0.25) is 0 Å². The van der Waals surface area contributed by atoms with E-state index in [0.717, 1.165) is 18.2 Å². The first-order valence-electron chi connectivity index (χ1n) is 6.54. The minimum atomic E-state index is -0.234. The number of nitrogens with one attached hydrogen (secondary N) is 1. The van der Waals surface area contributed by atoms with Crippen LogP contribution in [0.1, 0.15) is 15.9 Å². The fourth-order valence-electron chi connectivity index (χ4n) is 1.80. The van der Waals surface area contributed by atoms with Gasteiger partial charge in [-0.25, -0.2) is 0 Å². The highest BCUT2D eigenvalue weighted by Crippen LogP contribution is 2.20. The molecule has 2 N–H and O–H groups in total. The third kappa shape index (κ3) is 4.85. The summed E-state index contributed by atoms with van der Waals surface area (Å²) in [5, 5.41) is 9.51. The molecule has 0 heterocycles. The van der Waals surface area contributed by atoms with E-state index >= 15 is 0 Å². The Bertz CT molecular complexity index is 574. The number of aliphatic hydroxyl groups excluding tert-OH is 1. The predicted molar refractivity (Wildman–Crippen MR) is 83.2 cm³/mol. The third-order valence-corrected chi connectivity index (χ3v) is 2.88. The maximum atomic E-state index is 11.6. The summed E-state index contributed by atoms with van der Waals surface area (Å²) in [6, 6.07) is 15.5. The van der Waals surface area contributed by atoms with E-state index < -0.39 is 0 Å². The van der Waals surface area contributed by atoms with Gasteiger partial charge in [-0.3, -0.25) is 4.79 Å². The number of carbonyl (C=O) groups is 2. The quantitative estimate of drug-likeness (QED) is 0.846. The maximum absolute atomic E-state index is 11.6. The molecule has 0 fully saturated rings. The molecule has 2 rings (SSSR count). The van der Waals surface area contributed by atoms with Crippen LogP contribution >= 0.6 is 0 Å². The Kier molecular flexibility index (Phi) is 6.84. The second-order valence-corrected chi connectivity index (χ2v) is 4.32. The van der Waals surface area contributed by atoms with Crippen LogP contribution in [0.5, 0.6) is 0 Å². The fourth-order valence-corrected chi connectivity index (χ4v) is 1.80. The summed E-state index contributed by atoms with van der Waals surface area (Å²) in [7, 11) is 1.00. The van der Waals surface area contributed by atoms with Crippen molar-refractivity contribution in [3.63, 3.8) is 0 Å². The largest absolute Gasteiger partial charge is 0.400 e. The van der Waals surface area contributed by atoms with E-state index in [1.807, 2.05) is 19.1 Å². The summed E-state index contributed by atoms with van der Waals surface area (Å²) in [5.41, 5.74) is 3.95. The number of hydrogen-bond acceptors (Lipinski definition) is 3. The maximum Gasteiger partial charge on any atom is 0.251 e. The summed E-state index contributed by atoms with van der Waals surface area (Å²) < 4.78 is 0. The molecule has 4 nitrogen and oxygen atoms in total. The summed E-state index contributed by atoms with van der Waals surface area (Å²) in [6.45, 7) is 2.09. The molecule has 0 unspecified atom stereocenters. The minimum Gasteiger partial charge on any atom is -0.400 e. The smallest absolute Gasteiger partial charge is 0.251 e. The zero-order chi connectivity index (χ0) is 15.7. The Hall–Kier alpha value is -2.46. The standard InChI is InChI=1S/C16H15NO2.CH4O/c1-12-2-4-13(5-3-12)14-6-8-15(9-7-14)16(19)17-10-11-18;1-2/h2-9,11H,10H2,1H3,(H,17,19);2H,1H3. The van der Waals surface area contributed by atoms with E-state index in [-0.39, 0.29) is 12.5 Å². The van der Waals surface area contributed by atoms with Crippen molar-refractivity contribution in [2.75, 3.05) is 13.7 Å². The second kappa shape index (κ2) is 8.66. The molecule has 0 saturated heterocycles. The van der Waals surface area contributed by atoms with E-state index in [2.05, 4.69) is 29.6 Å². The lowest BCUT2D eigenvalue weighted by molar-refractivity contribution is -0.107. The average molecular weight is 285 g/mol. The molecule has 0 bridgehead atoms. The molecule has 1 amide bonds. The zero-order valence-electron chi connectivity index (χ0n) is 12.2. The predicted octanol–water partition coefficient (Wildman–Crippen LogP) is 2.20. The Balaban J connectivity index is 0.00000106. The average Bonchev–Trinajstić information content (AvgIpc) is 2.55. The van der Waals surface area contributed by atoms with E-state index in [9.17, 15) is 9.59 Å². The van der Waals surface area contributed by atoms with E-state index in [1.165, 1.54) is 5.56 Å². The fraction of sp³-hybridized carbons (Fsp3) is 0.176. The Morgan fingerprint density at radius 1 is 1.00 bits per heavy atom. The van der Waals surface area contributed by atoms with Gasteiger partial charge < -0.3 is 15.2 Å². The lowest BCUT2D eigenvalue weighted by Crippen LogP contribution is -2.24. The molecule has 0 aliphatic rings. The Morgan fingerprint density at radius 2 is 1.48 bits per heavy atom. The normalized spacial score (nSPS) is 9.29. The molecule has 21 heavy (non-hydrogen) atoms. The van der Waals surface area contributed by atoms with Gasteiger partial charge in [0, 0.05) is 12.7 Å². The lowest BCUT2D eigenvalue weighted by Gasteiger charge is -2.05. The highest BCUT2D eigenvalue weighted by Gasteiger charge is 2.04. The molecule has 2 aromatic carbocycles. The third-order valence-electron chi connectivity index (χ3n) is 2.88. The van der Waals surface area contributed by atoms with Crippen molar-refractivity contribution in [3.8, 4) is 11.1 Å². The first kappa shape index (κ1) is 16.6. The van der Waals surface area contributed by atoms with Gasteiger partial charge in [-0.05, 0) is 30.2 Å². The number of rotatable bonds is 4. The molecular formula is C17H19NO3. The Morgan fingerprint density at radius 3 is 1.95 bits per heavy atom. The number of aldehydes is 1. The van der Waals surface area contributed by atoms with E-state index in [0.29, 0.717) is 11.8 Å². The van der Waals surface area contributed by atoms with Crippen molar-refractivity contribution in [1.29, 1.82) is 0 Å².